The van der Waals surface area contributed by atoms with Crippen LogP contribution in [0.3, 0.4) is 0 Å². The molecule has 6 N–H and O–H groups in total. The van der Waals surface area contributed by atoms with E-state index in [1.165, 1.54) is 25.3 Å². The van der Waals surface area contributed by atoms with Gasteiger partial charge in [0.1, 0.15) is 19.8 Å². The number of unbranched alkanes of at least 4 members (excludes halogenated alkanes) is 1. The summed E-state index contributed by atoms with van der Waals surface area (Å²) < 4.78 is 15.4. The number of carbonyl (C=O) groups excluding carboxylic acids is 3. The predicted molar refractivity (Wildman–Crippen MR) is 189 cm³/mol. The van der Waals surface area contributed by atoms with Gasteiger partial charge in [0.2, 0.25) is 5.91 Å². The number of hydrogen-bond donors (Lipinski definition) is 6. The molecular formula is C37H47ClN2O12. The summed E-state index contributed by atoms with van der Waals surface area (Å²) in [5.41, 5.74) is 1.57. The van der Waals surface area contributed by atoms with Crippen molar-refractivity contribution in [3.8, 4) is 11.5 Å². The molecule has 1 saturated carbocycles. The van der Waals surface area contributed by atoms with Crippen molar-refractivity contribution in [2.24, 2.45) is 11.8 Å². The average Bonchev–Trinajstić information content (AvgIpc) is 3.38. The number of aliphatic hydroxyl groups excluding tert-OH is 3. The smallest absolute Gasteiger partial charge is 0.330 e. The summed E-state index contributed by atoms with van der Waals surface area (Å²) in [4.78, 5) is 40.7. The predicted octanol–water partition coefficient (Wildman–Crippen LogP) is 3.96. The second-order valence-corrected chi connectivity index (χ2v) is 12.5. The van der Waals surface area contributed by atoms with Gasteiger partial charge in [-0.2, -0.15) is 0 Å². The van der Waals surface area contributed by atoms with Gasteiger partial charge in [0.15, 0.2) is 11.5 Å². The van der Waals surface area contributed by atoms with Gasteiger partial charge < -0.3 is 34.8 Å². The maximum absolute atomic E-state index is 12.4. The zero-order chi connectivity index (χ0) is 37.9. The van der Waals surface area contributed by atoms with Crippen molar-refractivity contribution in [1.29, 1.82) is 0 Å². The van der Waals surface area contributed by atoms with E-state index in [9.17, 15) is 29.7 Å². The molecule has 2 aromatic rings. The van der Waals surface area contributed by atoms with E-state index in [0.29, 0.717) is 42.7 Å². The van der Waals surface area contributed by atoms with Crippen LogP contribution >= 0.6 is 11.6 Å². The van der Waals surface area contributed by atoms with Gasteiger partial charge in [0, 0.05) is 29.9 Å². The van der Waals surface area contributed by atoms with Gasteiger partial charge in [-0.3, -0.25) is 15.2 Å². The summed E-state index contributed by atoms with van der Waals surface area (Å²) in [5, 5.41) is 51.1. The number of rotatable bonds is 21. The number of methoxy groups -OCH3 is 1. The molecule has 0 heterocycles. The van der Waals surface area contributed by atoms with Gasteiger partial charge >= 0.3 is 11.9 Å². The molecule has 0 saturated heterocycles. The van der Waals surface area contributed by atoms with Gasteiger partial charge in [0.25, 0.3) is 0 Å². The van der Waals surface area contributed by atoms with Crippen LogP contribution in [0.25, 0.3) is 6.08 Å². The third-order valence-electron chi connectivity index (χ3n) is 8.23. The van der Waals surface area contributed by atoms with Crippen LogP contribution in [-0.4, -0.2) is 94.1 Å². The lowest BCUT2D eigenvalue weighted by Gasteiger charge is -2.19. The zero-order valence-electron chi connectivity index (χ0n) is 28.9. The number of aliphatic hydroxyl groups is 3. The van der Waals surface area contributed by atoms with Crippen molar-refractivity contribution in [2.45, 2.75) is 63.3 Å². The van der Waals surface area contributed by atoms with Crippen LogP contribution < -0.4 is 14.8 Å². The molecular weight excluding hydrogens is 700 g/mol. The molecule has 52 heavy (non-hydrogen) atoms. The summed E-state index contributed by atoms with van der Waals surface area (Å²) >= 11 is 6.03. The fraction of sp³-hybridized carbons (Fsp3) is 0.432. The van der Waals surface area contributed by atoms with E-state index >= 15 is 0 Å². The van der Waals surface area contributed by atoms with Crippen LogP contribution in [0.4, 0.5) is 0 Å². The molecule has 15 heteroatoms. The first kappa shape index (κ1) is 42.3. The molecule has 0 spiro atoms. The number of hydrogen-bond acceptors (Lipinski definition) is 13. The summed E-state index contributed by atoms with van der Waals surface area (Å²) in [5.74, 6) is -1.90. The first-order valence-corrected chi connectivity index (χ1v) is 17.3. The molecule has 284 valence electrons. The Kier molecular flexibility index (Phi) is 18.5. The fourth-order valence-electron chi connectivity index (χ4n) is 5.58. The number of carbonyl (C=O) groups is 3. The van der Waals surface area contributed by atoms with Gasteiger partial charge in [-0.25, -0.2) is 14.4 Å². The standard InChI is InChI=1S/C37H47ClN2O12/c1-49-34-22-26(13-18-36(45)50-19-20-51-40(47)48)12-17-33(34)52-37(46)24-39-35(44)10-5-3-2-4-9-29-30(32(43)23-31(29)42)16-15-28(41)14-11-25-7-6-8-27(38)21-25/h2,4,6-8,12-13,15-18,21-22,28-32,41-43,47-48H,3,5,9-11,14,19-20,23-24H2,1H3,(H,39,44)/b4-2-,16-15+,18-13+/t28-,29+,30+,31-,32+/m0/s1. The molecule has 0 radical (unpaired) electrons. The van der Waals surface area contributed by atoms with Gasteiger partial charge in [-0.15, -0.1) is 0 Å². The molecule has 2 aromatic carbocycles. The summed E-state index contributed by atoms with van der Waals surface area (Å²) in [6.07, 6.45) is 11.1. The maximum atomic E-state index is 12.4. The van der Waals surface area contributed by atoms with Crippen LogP contribution in [-0.2, 0) is 30.4 Å². The summed E-state index contributed by atoms with van der Waals surface area (Å²) in [6.45, 7) is -0.836. The molecule has 1 amide bonds. The van der Waals surface area contributed by atoms with E-state index in [-0.39, 0.29) is 61.8 Å². The van der Waals surface area contributed by atoms with Gasteiger partial charge in [0.05, 0.1) is 30.8 Å². The Balaban J connectivity index is 1.34. The Morgan fingerprint density at radius 3 is 2.62 bits per heavy atom. The monoisotopic (exact) mass is 746 g/mol. The average molecular weight is 747 g/mol. The van der Waals surface area contributed by atoms with Gasteiger partial charge in [-0.05, 0) is 79.5 Å². The fourth-order valence-corrected chi connectivity index (χ4v) is 5.79. The highest BCUT2D eigenvalue weighted by atomic mass is 35.5. The first-order valence-electron chi connectivity index (χ1n) is 16.9. The van der Waals surface area contributed by atoms with Crippen molar-refractivity contribution < 1.29 is 59.2 Å². The highest BCUT2D eigenvalue weighted by Crippen LogP contribution is 2.36. The molecule has 0 bridgehead atoms. The van der Waals surface area contributed by atoms with Crippen molar-refractivity contribution in [3.05, 3.63) is 89.0 Å². The topological polar surface area (TPSA) is 205 Å². The number of nitrogens with one attached hydrogen (secondary N) is 1. The molecule has 14 nitrogen and oxygen atoms in total. The lowest BCUT2D eigenvalue weighted by atomic mass is 9.89. The molecule has 5 atom stereocenters. The van der Waals surface area contributed by atoms with Crippen molar-refractivity contribution in [3.63, 3.8) is 0 Å². The number of amides is 1. The zero-order valence-corrected chi connectivity index (χ0v) is 29.6. The van der Waals surface area contributed by atoms with E-state index in [1.54, 1.807) is 24.3 Å². The van der Waals surface area contributed by atoms with E-state index in [0.717, 1.165) is 11.6 Å². The molecule has 1 aliphatic carbocycles. The van der Waals surface area contributed by atoms with E-state index < -0.39 is 35.6 Å². The first-order chi connectivity index (χ1) is 24.9. The Hall–Kier alpha value is -4.12. The molecule has 1 fully saturated rings. The third-order valence-corrected chi connectivity index (χ3v) is 8.46. The maximum Gasteiger partial charge on any atom is 0.330 e. The number of allylic oxidation sites excluding steroid dienone is 2. The van der Waals surface area contributed by atoms with Crippen molar-refractivity contribution >= 4 is 35.5 Å². The molecule has 1 aliphatic rings. The number of benzene rings is 2. The van der Waals surface area contributed by atoms with Crippen LogP contribution in [0, 0.1) is 11.8 Å². The molecule has 0 unspecified atom stereocenters. The molecule has 3 rings (SSSR count). The summed E-state index contributed by atoms with van der Waals surface area (Å²) in [6, 6.07) is 12.1. The number of ether oxygens (including phenoxy) is 3. The molecule has 0 aromatic heterocycles. The SMILES string of the molecule is COc1cc(/C=C/C(=O)OCCON(O)O)ccc1OC(=O)CNC(=O)CCC/C=C\C[C@@H]1[C@@H](/C=C/[C@@H](O)CCc2cccc(Cl)c2)[C@H](O)C[C@@H]1O. The third kappa shape index (κ3) is 15.6. The number of halogens is 1. The molecule has 0 aliphatic heterocycles. The Labute approximate surface area is 307 Å². The minimum atomic E-state index is -0.709. The van der Waals surface area contributed by atoms with Crippen LogP contribution in [0.2, 0.25) is 5.02 Å². The van der Waals surface area contributed by atoms with Gasteiger partial charge in [-0.1, -0.05) is 54.1 Å². The van der Waals surface area contributed by atoms with Crippen LogP contribution in [0.15, 0.2) is 72.8 Å². The second kappa shape index (κ2) is 22.7. The van der Waals surface area contributed by atoms with Crippen LogP contribution in [0.5, 0.6) is 11.5 Å². The van der Waals surface area contributed by atoms with E-state index in [2.05, 4.69) is 10.2 Å². The highest BCUT2D eigenvalue weighted by Gasteiger charge is 2.39. The summed E-state index contributed by atoms with van der Waals surface area (Å²) in [7, 11) is 1.38. The van der Waals surface area contributed by atoms with Crippen molar-refractivity contribution in [1.82, 2.24) is 10.7 Å². The lowest BCUT2D eigenvalue weighted by Crippen LogP contribution is -2.31. The largest absolute Gasteiger partial charge is 0.493 e. The number of esters is 2. The Bertz CT molecular complexity index is 1530. The minimum absolute atomic E-state index is 0.115. The van der Waals surface area contributed by atoms with E-state index in [4.69, 9.17) is 36.2 Å². The lowest BCUT2D eigenvalue weighted by molar-refractivity contribution is -0.493. The number of aryl methyl sites for hydroxylation is 1. The quantitative estimate of drug-likeness (QED) is 0.0268. The normalized spacial score (nSPS) is 19.5. The second-order valence-electron chi connectivity index (χ2n) is 12.1. The number of nitrogens with zero attached hydrogens (tertiary/aromatic N) is 1. The van der Waals surface area contributed by atoms with Crippen molar-refractivity contribution in [2.75, 3.05) is 26.9 Å². The Morgan fingerprint density at radius 2 is 1.87 bits per heavy atom. The Morgan fingerprint density at radius 1 is 1.06 bits per heavy atom. The van der Waals surface area contributed by atoms with E-state index in [1.807, 2.05) is 30.4 Å². The highest BCUT2D eigenvalue weighted by molar-refractivity contribution is 6.30. The minimum Gasteiger partial charge on any atom is -0.493 e. The van der Waals surface area contributed by atoms with Crippen LogP contribution in [0.1, 0.15) is 49.7 Å².